The Morgan fingerprint density at radius 3 is 2.50 bits per heavy atom. The molecule has 0 aliphatic heterocycles. The fraction of sp³-hybridized carbons (Fsp3) is 0.200. The van der Waals surface area contributed by atoms with E-state index in [9.17, 15) is 9.59 Å². The lowest BCUT2D eigenvalue weighted by Gasteiger charge is -2.06. The van der Waals surface area contributed by atoms with E-state index in [1.165, 1.54) is 17.2 Å². The van der Waals surface area contributed by atoms with Crippen LogP contribution in [0.2, 0.25) is 0 Å². The van der Waals surface area contributed by atoms with E-state index in [-0.39, 0.29) is 12.3 Å². The second-order valence-corrected chi connectivity index (χ2v) is 5.91. The van der Waals surface area contributed by atoms with Gasteiger partial charge in [0.05, 0.1) is 24.6 Å². The Morgan fingerprint density at radius 1 is 1.04 bits per heavy atom. The number of ether oxygens (including phenoxy) is 1. The summed E-state index contributed by atoms with van der Waals surface area (Å²) >= 11 is 0. The number of carbonyl (C=O) groups excluding carboxylic acids is 2. The summed E-state index contributed by atoms with van der Waals surface area (Å²) in [5.74, 6) is -0.520. The van der Waals surface area contributed by atoms with Crippen LogP contribution in [0.1, 0.15) is 31.8 Å². The van der Waals surface area contributed by atoms with Gasteiger partial charge in [-0.15, -0.1) is 0 Å². The monoisotopic (exact) mass is 321 g/mol. The van der Waals surface area contributed by atoms with Gasteiger partial charge in [0.15, 0.2) is 0 Å². The first-order valence-electron chi connectivity index (χ1n) is 7.79. The number of hydrogen-bond donors (Lipinski definition) is 0. The van der Waals surface area contributed by atoms with Crippen LogP contribution in [0.5, 0.6) is 0 Å². The van der Waals surface area contributed by atoms with E-state index in [2.05, 4.69) is 0 Å². The molecule has 1 aromatic heterocycles. The normalized spacial score (nSPS) is 10.8. The number of para-hydroxylation sites is 1. The molecule has 1 heterocycles. The zero-order valence-corrected chi connectivity index (χ0v) is 14.0. The van der Waals surface area contributed by atoms with Crippen LogP contribution in [-0.4, -0.2) is 23.6 Å². The highest BCUT2D eigenvalue weighted by molar-refractivity contribution is 6.07. The smallest absolute Gasteiger partial charge is 0.340 e. The minimum atomic E-state index is -0.441. The molecular formula is C20H19NO3. The van der Waals surface area contributed by atoms with Crippen LogP contribution in [0.4, 0.5) is 0 Å². The Bertz CT molecular complexity index is 937. The first kappa shape index (κ1) is 16.0. The third kappa shape index (κ3) is 2.83. The summed E-state index contributed by atoms with van der Waals surface area (Å²) in [6.07, 6.45) is 1.85. The van der Waals surface area contributed by atoms with Crippen molar-refractivity contribution in [3.8, 4) is 0 Å². The number of methoxy groups -OCH3 is 1. The lowest BCUT2D eigenvalue weighted by Crippen LogP contribution is -2.12. The molecule has 0 spiro atoms. The van der Waals surface area contributed by atoms with Gasteiger partial charge in [-0.3, -0.25) is 9.36 Å². The standard InChI is InChI=1S/C20H19NO3/c1-13-8-9-15(10-14(13)2)11-19(22)21-12-17(20(23)24-3)16-6-4-5-7-18(16)21/h4-10,12H,11H2,1-3H3. The predicted octanol–water partition coefficient (Wildman–Crippen LogP) is 3.93. The van der Waals surface area contributed by atoms with Gasteiger partial charge in [0, 0.05) is 11.6 Å². The van der Waals surface area contributed by atoms with Crippen LogP contribution in [0.3, 0.4) is 0 Å². The number of carbonyl (C=O) groups is 2. The van der Waals surface area contributed by atoms with Crippen molar-refractivity contribution in [1.82, 2.24) is 4.57 Å². The number of aromatic nitrogens is 1. The Morgan fingerprint density at radius 2 is 1.79 bits per heavy atom. The maximum Gasteiger partial charge on any atom is 0.340 e. The SMILES string of the molecule is COC(=O)c1cn(C(=O)Cc2ccc(C)c(C)c2)c2ccccc12. The molecule has 0 atom stereocenters. The maximum absolute atomic E-state index is 12.8. The van der Waals surface area contributed by atoms with E-state index in [1.54, 1.807) is 6.20 Å². The first-order chi connectivity index (χ1) is 11.5. The van der Waals surface area contributed by atoms with Gasteiger partial charge in [-0.05, 0) is 36.6 Å². The number of rotatable bonds is 3. The van der Waals surface area contributed by atoms with Crippen molar-refractivity contribution in [2.75, 3.05) is 7.11 Å². The Kier molecular flexibility index (Phi) is 4.21. The van der Waals surface area contributed by atoms with Crippen LogP contribution in [0.25, 0.3) is 10.9 Å². The predicted molar refractivity (Wildman–Crippen MR) is 93.5 cm³/mol. The minimum absolute atomic E-state index is 0.0791. The van der Waals surface area contributed by atoms with Crippen LogP contribution in [0.15, 0.2) is 48.7 Å². The third-order valence-corrected chi connectivity index (χ3v) is 4.31. The second kappa shape index (κ2) is 6.32. The molecule has 0 fully saturated rings. The van der Waals surface area contributed by atoms with Gasteiger partial charge in [-0.25, -0.2) is 4.79 Å². The van der Waals surface area contributed by atoms with Gasteiger partial charge in [-0.2, -0.15) is 0 Å². The molecule has 0 amide bonds. The summed E-state index contributed by atoms with van der Waals surface area (Å²) in [5.41, 5.74) is 4.44. The number of benzene rings is 2. The van der Waals surface area contributed by atoms with Gasteiger partial charge in [0.1, 0.15) is 0 Å². The van der Waals surface area contributed by atoms with Crippen LogP contribution < -0.4 is 0 Å². The van der Waals surface area contributed by atoms with Crippen LogP contribution in [0, 0.1) is 13.8 Å². The van der Waals surface area contributed by atoms with E-state index >= 15 is 0 Å². The largest absolute Gasteiger partial charge is 0.465 e. The molecular weight excluding hydrogens is 302 g/mol. The average molecular weight is 321 g/mol. The quantitative estimate of drug-likeness (QED) is 0.687. The van der Waals surface area contributed by atoms with Crippen molar-refractivity contribution in [3.63, 3.8) is 0 Å². The molecule has 24 heavy (non-hydrogen) atoms. The number of fused-ring (bicyclic) bond motifs is 1. The van der Waals surface area contributed by atoms with Gasteiger partial charge < -0.3 is 4.74 Å². The molecule has 0 aliphatic carbocycles. The van der Waals surface area contributed by atoms with Crippen molar-refractivity contribution >= 4 is 22.8 Å². The fourth-order valence-electron chi connectivity index (χ4n) is 2.83. The highest BCUT2D eigenvalue weighted by Crippen LogP contribution is 2.23. The molecule has 0 saturated heterocycles. The van der Waals surface area contributed by atoms with Crippen molar-refractivity contribution in [2.45, 2.75) is 20.3 Å². The lowest BCUT2D eigenvalue weighted by atomic mass is 10.0. The van der Waals surface area contributed by atoms with Crippen LogP contribution in [-0.2, 0) is 11.2 Å². The summed E-state index contributed by atoms with van der Waals surface area (Å²) in [4.78, 5) is 24.7. The van der Waals surface area contributed by atoms with Gasteiger partial charge >= 0.3 is 5.97 Å². The van der Waals surface area contributed by atoms with Crippen LogP contribution >= 0.6 is 0 Å². The average Bonchev–Trinajstić information content (AvgIpc) is 2.97. The van der Waals surface area contributed by atoms with Crippen molar-refractivity contribution < 1.29 is 14.3 Å². The summed E-state index contributed by atoms with van der Waals surface area (Å²) < 4.78 is 6.36. The molecule has 0 unspecified atom stereocenters. The third-order valence-electron chi connectivity index (χ3n) is 4.31. The Balaban J connectivity index is 2.00. The molecule has 0 saturated carbocycles. The lowest BCUT2D eigenvalue weighted by molar-refractivity contribution is 0.0603. The number of esters is 1. The van der Waals surface area contributed by atoms with Gasteiger partial charge in [0.2, 0.25) is 5.91 Å². The summed E-state index contributed by atoms with van der Waals surface area (Å²) in [7, 11) is 1.34. The molecule has 0 N–H and O–H groups in total. The number of nitrogens with zero attached hydrogens (tertiary/aromatic N) is 1. The zero-order chi connectivity index (χ0) is 17.3. The van der Waals surface area contributed by atoms with Gasteiger partial charge in [-0.1, -0.05) is 36.4 Å². The minimum Gasteiger partial charge on any atom is -0.465 e. The molecule has 3 rings (SSSR count). The Labute approximate surface area is 140 Å². The number of aryl methyl sites for hydroxylation is 2. The summed E-state index contributed by atoms with van der Waals surface area (Å²) in [6, 6.07) is 13.4. The maximum atomic E-state index is 12.8. The van der Waals surface area contributed by atoms with E-state index in [4.69, 9.17) is 4.74 Å². The van der Waals surface area contributed by atoms with Crippen molar-refractivity contribution in [1.29, 1.82) is 0 Å². The van der Waals surface area contributed by atoms with E-state index in [1.807, 2.05) is 56.3 Å². The molecule has 4 heteroatoms. The van der Waals surface area contributed by atoms with Gasteiger partial charge in [0.25, 0.3) is 0 Å². The molecule has 2 aromatic carbocycles. The molecule has 122 valence electrons. The topological polar surface area (TPSA) is 48.3 Å². The van der Waals surface area contributed by atoms with E-state index in [0.29, 0.717) is 11.1 Å². The first-order valence-corrected chi connectivity index (χ1v) is 7.79. The molecule has 0 radical (unpaired) electrons. The van der Waals surface area contributed by atoms with Crippen molar-refractivity contribution in [3.05, 3.63) is 70.9 Å². The van der Waals surface area contributed by atoms with E-state index in [0.717, 1.165) is 16.5 Å². The summed E-state index contributed by atoms with van der Waals surface area (Å²) in [6.45, 7) is 4.08. The highest BCUT2D eigenvalue weighted by atomic mass is 16.5. The summed E-state index contributed by atoms with van der Waals surface area (Å²) in [5, 5.41) is 0.720. The molecule has 0 bridgehead atoms. The molecule has 0 aliphatic rings. The second-order valence-electron chi connectivity index (χ2n) is 5.91. The highest BCUT2D eigenvalue weighted by Gasteiger charge is 2.18. The van der Waals surface area contributed by atoms with Crippen molar-refractivity contribution in [2.24, 2.45) is 0 Å². The Hall–Kier alpha value is -2.88. The molecule has 4 nitrogen and oxygen atoms in total. The number of hydrogen-bond acceptors (Lipinski definition) is 3. The fourth-order valence-corrected chi connectivity index (χ4v) is 2.83. The molecule has 3 aromatic rings. The zero-order valence-electron chi connectivity index (χ0n) is 14.0. The van der Waals surface area contributed by atoms with E-state index < -0.39 is 5.97 Å².